The Hall–Kier alpha value is -2.35. The third kappa shape index (κ3) is 4.43. The lowest BCUT2D eigenvalue weighted by Crippen LogP contribution is -2.47. The summed E-state index contributed by atoms with van der Waals surface area (Å²) in [5.41, 5.74) is 0. The molecule has 2 aliphatic rings. The number of rotatable bonds is 7. The fourth-order valence-corrected chi connectivity index (χ4v) is 3.60. The lowest BCUT2D eigenvalue weighted by Gasteiger charge is -2.35. The van der Waals surface area contributed by atoms with Crippen LogP contribution in [0.2, 0.25) is 0 Å². The van der Waals surface area contributed by atoms with E-state index in [1.54, 1.807) is 28.2 Å². The lowest BCUT2D eigenvalue weighted by molar-refractivity contribution is -0.142. The largest absolute Gasteiger partial charge is 0.481 e. The molecule has 1 atom stereocenters. The number of carboxylic acids is 1. The van der Waals surface area contributed by atoms with Gasteiger partial charge in [-0.15, -0.1) is 0 Å². The van der Waals surface area contributed by atoms with Crippen LogP contribution >= 0.6 is 0 Å². The Morgan fingerprint density at radius 2 is 2.08 bits per heavy atom. The van der Waals surface area contributed by atoms with Gasteiger partial charge in [-0.1, -0.05) is 0 Å². The Kier molecular flexibility index (Phi) is 5.92. The van der Waals surface area contributed by atoms with Gasteiger partial charge in [0.25, 0.3) is 0 Å². The normalized spacial score (nSPS) is 21.2. The molecule has 0 saturated carbocycles. The van der Waals surface area contributed by atoms with Crippen LogP contribution in [-0.2, 0) is 25.7 Å². The van der Waals surface area contributed by atoms with E-state index in [-0.39, 0.29) is 37.2 Å². The van der Waals surface area contributed by atoms with Gasteiger partial charge in [0.05, 0.1) is 25.1 Å². The highest BCUT2D eigenvalue weighted by molar-refractivity contribution is 5.89. The van der Waals surface area contributed by atoms with Crippen LogP contribution < -0.4 is 0 Å². The van der Waals surface area contributed by atoms with E-state index in [9.17, 15) is 14.4 Å². The fourth-order valence-electron chi connectivity index (χ4n) is 3.60. The van der Waals surface area contributed by atoms with E-state index in [1.807, 2.05) is 0 Å². The summed E-state index contributed by atoms with van der Waals surface area (Å²) in [6.07, 6.45) is 3.01. The predicted molar refractivity (Wildman–Crippen MR) is 90.0 cm³/mol. The van der Waals surface area contributed by atoms with Crippen molar-refractivity contribution in [1.29, 1.82) is 0 Å². The Bertz CT molecular complexity index is 638. The second kappa shape index (κ2) is 8.35. The van der Waals surface area contributed by atoms with Crippen LogP contribution in [0.1, 0.15) is 31.4 Å². The molecule has 1 N–H and O–H groups in total. The van der Waals surface area contributed by atoms with Crippen LogP contribution in [-0.4, -0.2) is 65.0 Å². The average Bonchev–Trinajstić information content (AvgIpc) is 3.26. The van der Waals surface area contributed by atoms with Gasteiger partial charge in [0.2, 0.25) is 11.8 Å². The van der Waals surface area contributed by atoms with Crippen LogP contribution in [0.5, 0.6) is 0 Å². The molecule has 0 radical (unpaired) electrons. The minimum absolute atomic E-state index is 0.0233. The summed E-state index contributed by atoms with van der Waals surface area (Å²) in [6, 6.07) is 3.53. The van der Waals surface area contributed by atoms with E-state index in [0.717, 1.165) is 0 Å². The zero-order valence-electron chi connectivity index (χ0n) is 14.6. The number of carbonyl (C=O) groups excluding carboxylic acids is 2. The lowest BCUT2D eigenvalue weighted by atomic mass is 10.0. The molecule has 0 bridgehead atoms. The number of furan rings is 1. The first kappa shape index (κ1) is 18.4. The van der Waals surface area contributed by atoms with E-state index in [4.69, 9.17) is 14.3 Å². The molecule has 2 aliphatic heterocycles. The summed E-state index contributed by atoms with van der Waals surface area (Å²) in [5, 5.41) is 9.00. The number of carbonyl (C=O) groups is 3. The monoisotopic (exact) mass is 364 g/mol. The van der Waals surface area contributed by atoms with Crippen molar-refractivity contribution in [3.8, 4) is 0 Å². The van der Waals surface area contributed by atoms with Gasteiger partial charge in [-0.2, -0.15) is 0 Å². The van der Waals surface area contributed by atoms with Crippen molar-refractivity contribution in [1.82, 2.24) is 9.80 Å². The third-order valence-electron chi connectivity index (χ3n) is 4.97. The van der Waals surface area contributed by atoms with Crippen LogP contribution in [0.15, 0.2) is 22.8 Å². The van der Waals surface area contributed by atoms with Gasteiger partial charge in [0, 0.05) is 38.8 Å². The standard InChI is InChI=1S/C18H24N2O6/c21-16-10-13(11-19(16)12-15-2-1-7-26-15)18(24)20(6-3-17(22)23)14-4-8-25-9-5-14/h1-2,7,13-14H,3-6,8-12H2,(H,22,23). The van der Waals surface area contributed by atoms with Gasteiger partial charge >= 0.3 is 5.97 Å². The molecule has 0 aliphatic carbocycles. The summed E-state index contributed by atoms with van der Waals surface area (Å²) >= 11 is 0. The van der Waals surface area contributed by atoms with Crippen molar-refractivity contribution < 1.29 is 28.6 Å². The highest BCUT2D eigenvalue weighted by Crippen LogP contribution is 2.25. The van der Waals surface area contributed by atoms with E-state index in [0.29, 0.717) is 44.9 Å². The Labute approximate surface area is 151 Å². The molecule has 26 heavy (non-hydrogen) atoms. The first-order chi connectivity index (χ1) is 12.5. The molecule has 1 aromatic rings. The Balaban J connectivity index is 1.65. The van der Waals surface area contributed by atoms with E-state index in [1.165, 1.54) is 0 Å². The van der Waals surface area contributed by atoms with Crippen LogP contribution in [0, 0.1) is 5.92 Å². The molecule has 0 aromatic carbocycles. The molecular weight excluding hydrogens is 340 g/mol. The maximum Gasteiger partial charge on any atom is 0.305 e. The number of hydrogen-bond donors (Lipinski definition) is 1. The number of hydrogen-bond acceptors (Lipinski definition) is 5. The molecule has 1 unspecified atom stereocenters. The highest BCUT2D eigenvalue weighted by Gasteiger charge is 2.38. The van der Waals surface area contributed by atoms with E-state index < -0.39 is 11.9 Å². The molecule has 8 heteroatoms. The summed E-state index contributed by atoms with van der Waals surface area (Å²) in [6.45, 7) is 1.99. The summed E-state index contributed by atoms with van der Waals surface area (Å²) in [7, 11) is 0. The number of aliphatic carboxylic acids is 1. The van der Waals surface area contributed by atoms with Crippen LogP contribution in [0.25, 0.3) is 0 Å². The quantitative estimate of drug-likeness (QED) is 0.778. The van der Waals surface area contributed by atoms with Crippen molar-refractivity contribution in [3.05, 3.63) is 24.2 Å². The number of likely N-dealkylation sites (tertiary alicyclic amines) is 1. The molecule has 142 valence electrons. The maximum atomic E-state index is 13.0. The number of carboxylic acid groups (broad SMARTS) is 1. The SMILES string of the molecule is O=C(O)CCN(C(=O)C1CC(=O)N(Cc2ccco2)C1)C1CCOCC1. The molecule has 2 amide bonds. The molecule has 2 fully saturated rings. The van der Waals surface area contributed by atoms with E-state index in [2.05, 4.69) is 0 Å². The Morgan fingerprint density at radius 3 is 2.73 bits per heavy atom. The molecule has 0 spiro atoms. The van der Waals surface area contributed by atoms with Crippen molar-refractivity contribution in [2.24, 2.45) is 5.92 Å². The zero-order valence-corrected chi connectivity index (χ0v) is 14.6. The highest BCUT2D eigenvalue weighted by atomic mass is 16.5. The van der Waals surface area contributed by atoms with Crippen molar-refractivity contribution in [2.45, 2.75) is 38.3 Å². The molecular formula is C18H24N2O6. The number of amides is 2. The molecule has 1 aromatic heterocycles. The maximum absolute atomic E-state index is 13.0. The summed E-state index contributed by atoms with van der Waals surface area (Å²) in [4.78, 5) is 39.6. The minimum Gasteiger partial charge on any atom is -0.481 e. The number of nitrogens with zero attached hydrogens (tertiary/aromatic N) is 2. The first-order valence-electron chi connectivity index (χ1n) is 8.94. The summed E-state index contributed by atoms with van der Waals surface area (Å²) in [5.74, 6) is -0.900. The van der Waals surface area contributed by atoms with Crippen molar-refractivity contribution in [3.63, 3.8) is 0 Å². The van der Waals surface area contributed by atoms with Crippen molar-refractivity contribution >= 4 is 17.8 Å². The topological polar surface area (TPSA) is 100 Å². The van der Waals surface area contributed by atoms with Gasteiger partial charge in [-0.25, -0.2) is 0 Å². The van der Waals surface area contributed by atoms with Gasteiger partial charge in [0.15, 0.2) is 0 Å². The second-order valence-electron chi connectivity index (χ2n) is 6.77. The molecule has 3 rings (SSSR count). The van der Waals surface area contributed by atoms with Gasteiger partial charge < -0.3 is 24.1 Å². The predicted octanol–water partition coefficient (Wildman–Crippen LogP) is 1.11. The number of ether oxygens (including phenoxy) is 1. The molecule has 3 heterocycles. The third-order valence-corrected chi connectivity index (χ3v) is 4.97. The van der Waals surface area contributed by atoms with E-state index >= 15 is 0 Å². The van der Waals surface area contributed by atoms with Crippen LogP contribution in [0.3, 0.4) is 0 Å². The van der Waals surface area contributed by atoms with Gasteiger partial charge in [-0.3, -0.25) is 14.4 Å². The van der Waals surface area contributed by atoms with Gasteiger partial charge in [0.1, 0.15) is 5.76 Å². The smallest absolute Gasteiger partial charge is 0.305 e. The fraction of sp³-hybridized carbons (Fsp3) is 0.611. The van der Waals surface area contributed by atoms with Crippen molar-refractivity contribution in [2.75, 3.05) is 26.3 Å². The second-order valence-corrected chi connectivity index (χ2v) is 6.77. The minimum atomic E-state index is -0.934. The zero-order chi connectivity index (χ0) is 18.5. The molecule has 8 nitrogen and oxygen atoms in total. The Morgan fingerprint density at radius 1 is 1.31 bits per heavy atom. The summed E-state index contributed by atoms with van der Waals surface area (Å²) < 4.78 is 10.6. The van der Waals surface area contributed by atoms with Gasteiger partial charge in [-0.05, 0) is 25.0 Å². The molecule has 2 saturated heterocycles. The average molecular weight is 364 g/mol. The van der Waals surface area contributed by atoms with Crippen LogP contribution in [0.4, 0.5) is 0 Å². The first-order valence-corrected chi connectivity index (χ1v) is 8.94.